The fraction of sp³-hybridized carbons (Fsp3) is 0.250. The highest BCUT2D eigenvalue weighted by atomic mass is 19.3. The molecule has 2 aromatic heterocycles. The van der Waals surface area contributed by atoms with Crippen LogP contribution in [0, 0.1) is 11.6 Å². The van der Waals surface area contributed by atoms with Crippen molar-refractivity contribution in [2.75, 3.05) is 0 Å². The summed E-state index contributed by atoms with van der Waals surface area (Å²) in [7, 11) is 0. The molecule has 200 valence electrons. The number of hydrogen-bond acceptors (Lipinski definition) is 6. The largest absolute Gasteiger partial charge is 0.463 e. The van der Waals surface area contributed by atoms with E-state index in [0.717, 1.165) is 24.3 Å². The van der Waals surface area contributed by atoms with Gasteiger partial charge in [-0.3, -0.25) is 0 Å². The Kier molecular flexibility index (Phi) is 7.26. The van der Waals surface area contributed by atoms with Crippen LogP contribution in [-0.2, 0) is 18.7 Å². The van der Waals surface area contributed by atoms with E-state index in [0.29, 0.717) is 11.6 Å². The minimum absolute atomic E-state index is 0.0574. The molecule has 4 aromatic rings. The van der Waals surface area contributed by atoms with Crippen molar-refractivity contribution in [1.82, 2.24) is 29.5 Å². The molecule has 0 spiro atoms. The van der Waals surface area contributed by atoms with Gasteiger partial charge in [0.15, 0.2) is 5.82 Å². The number of nitrogens with zero attached hydrogens (tertiary/aromatic N) is 6. The molecular formula is C24H20F6N6O2. The zero-order valence-corrected chi connectivity index (χ0v) is 19.6. The number of alkyl halides is 4. The summed E-state index contributed by atoms with van der Waals surface area (Å²) in [5.74, 6) is -6.39. The van der Waals surface area contributed by atoms with E-state index in [9.17, 15) is 31.4 Å². The molecule has 0 saturated carbocycles. The van der Waals surface area contributed by atoms with Gasteiger partial charge in [0.1, 0.15) is 42.0 Å². The maximum Gasteiger partial charge on any atom is 0.463 e. The van der Waals surface area contributed by atoms with Gasteiger partial charge < -0.3 is 9.84 Å². The molecule has 0 aliphatic rings. The topological polar surface area (TPSA) is 90.9 Å². The van der Waals surface area contributed by atoms with Crippen LogP contribution in [0.5, 0.6) is 5.75 Å². The molecule has 0 radical (unpaired) electrons. The van der Waals surface area contributed by atoms with Crippen molar-refractivity contribution in [2.24, 2.45) is 0 Å². The van der Waals surface area contributed by atoms with Gasteiger partial charge in [-0.25, -0.2) is 28.1 Å². The van der Waals surface area contributed by atoms with Crippen LogP contribution in [-0.4, -0.2) is 46.7 Å². The molecule has 4 rings (SSSR count). The average molecular weight is 538 g/mol. The standard InChI is InChI=1S/C24H20F6N6O2/c1-22(27,28)24(29,30)38-18-6-2-16(3-7-18)4-9-21-32-15-36(34-21)12-23(37,11-35-14-31-13-33-35)19-8-5-17(25)10-20(19)26/h2-10,13-15,37H,11-12H2,1H3/b9-4+. The van der Waals surface area contributed by atoms with Crippen molar-refractivity contribution in [3.05, 3.63) is 90.0 Å². The maximum absolute atomic E-state index is 14.6. The molecule has 2 heterocycles. The monoisotopic (exact) mass is 538 g/mol. The van der Waals surface area contributed by atoms with Crippen molar-refractivity contribution in [3.63, 3.8) is 0 Å². The van der Waals surface area contributed by atoms with E-state index in [4.69, 9.17) is 0 Å². The lowest BCUT2D eigenvalue weighted by Gasteiger charge is -2.28. The van der Waals surface area contributed by atoms with Gasteiger partial charge >= 0.3 is 12.0 Å². The molecule has 0 fully saturated rings. The minimum atomic E-state index is -4.67. The third-order valence-electron chi connectivity index (χ3n) is 5.36. The number of hydrogen-bond donors (Lipinski definition) is 1. The summed E-state index contributed by atoms with van der Waals surface area (Å²) in [5, 5.41) is 19.5. The van der Waals surface area contributed by atoms with Crippen LogP contribution in [0.25, 0.3) is 12.2 Å². The van der Waals surface area contributed by atoms with Crippen molar-refractivity contribution in [2.45, 2.75) is 37.6 Å². The first-order valence-corrected chi connectivity index (χ1v) is 11.0. The third kappa shape index (κ3) is 6.19. The van der Waals surface area contributed by atoms with Gasteiger partial charge in [-0.2, -0.15) is 27.8 Å². The summed E-state index contributed by atoms with van der Waals surface area (Å²) in [5.41, 5.74) is -1.60. The Morgan fingerprint density at radius 1 is 0.947 bits per heavy atom. The quantitative estimate of drug-likeness (QED) is 0.299. The summed E-state index contributed by atoms with van der Waals surface area (Å²) in [6, 6.07) is 7.74. The highest BCUT2D eigenvalue weighted by Gasteiger charge is 2.55. The smallest absolute Gasteiger partial charge is 0.428 e. The molecule has 38 heavy (non-hydrogen) atoms. The minimum Gasteiger partial charge on any atom is -0.428 e. The Labute approximate surface area is 211 Å². The fourth-order valence-corrected chi connectivity index (χ4v) is 3.45. The van der Waals surface area contributed by atoms with E-state index >= 15 is 0 Å². The summed E-state index contributed by atoms with van der Waals surface area (Å²) < 4.78 is 87.4. The Hall–Kier alpha value is -4.20. The molecule has 0 aliphatic carbocycles. The van der Waals surface area contributed by atoms with E-state index in [2.05, 4.69) is 24.9 Å². The first-order chi connectivity index (χ1) is 17.8. The Balaban J connectivity index is 1.49. The number of ether oxygens (including phenoxy) is 1. The van der Waals surface area contributed by atoms with Gasteiger partial charge in [-0.05, 0) is 29.8 Å². The highest BCUT2D eigenvalue weighted by molar-refractivity contribution is 5.66. The molecule has 1 atom stereocenters. The molecule has 1 unspecified atom stereocenters. The Morgan fingerprint density at radius 2 is 1.66 bits per heavy atom. The van der Waals surface area contributed by atoms with Gasteiger partial charge in [0.05, 0.1) is 13.1 Å². The number of benzene rings is 2. The molecule has 1 N–H and O–H groups in total. The molecular weight excluding hydrogens is 518 g/mol. The first kappa shape index (κ1) is 26.9. The van der Waals surface area contributed by atoms with Crippen LogP contribution in [0.3, 0.4) is 0 Å². The predicted molar refractivity (Wildman–Crippen MR) is 122 cm³/mol. The van der Waals surface area contributed by atoms with Crippen molar-refractivity contribution >= 4 is 12.2 Å². The second kappa shape index (κ2) is 10.3. The van der Waals surface area contributed by atoms with Crippen LogP contribution in [0.15, 0.2) is 61.4 Å². The number of aliphatic hydroxyl groups is 1. The first-order valence-electron chi connectivity index (χ1n) is 11.0. The molecule has 0 amide bonds. The predicted octanol–water partition coefficient (Wildman–Crippen LogP) is 4.53. The van der Waals surface area contributed by atoms with Crippen molar-refractivity contribution in [3.8, 4) is 5.75 Å². The summed E-state index contributed by atoms with van der Waals surface area (Å²) in [6.45, 7) is -0.446. The lowest BCUT2D eigenvalue weighted by Crippen LogP contribution is -2.42. The van der Waals surface area contributed by atoms with Gasteiger partial charge in [0.2, 0.25) is 0 Å². The van der Waals surface area contributed by atoms with Crippen LogP contribution in [0.2, 0.25) is 0 Å². The number of rotatable bonds is 10. The Bertz CT molecular complexity index is 1400. The van der Waals surface area contributed by atoms with Crippen LogP contribution in [0.4, 0.5) is 26.3 Å². The number of halogens is 6. The van der Waals surface area contributed by atoms with Crippen molar-refractivity contribution in [1.29, 1.82) is 0 Å². The maximum atomic E-state index is 14.6. The van der Waals surface area contributed by atoms with Crippen LogP contribution < -0.4 is 4.74 Å². The summed E-state index contributed by atoms with van der Waals surface area (Å²) in [4.78, 5) is 7.89. The van der Waals surface area contributed by atoms with E-state index in [-0.39, 0.29) is 31.4 Å². The van der Waals surface area contributed by atoms with Gasteiger partial charge in [0, 0.05) is 18.6 Å². The zero-order valence-electron chi connectivity index (χ0n) is 19.6. The molecule has 8 nitrogen and oxygen atoms in total. The lowest BCUT2D eigenvalue weighted by atomic mass is 9.93. The summed E-state index contributed by atoms with van der Waals surface area (Å²) in [6.07, 6.45) is 2.18. The zero-order chi connectivity index (χ0) is 27.6. The molecule has 0 aliphatic heterocycles. The van der Waals surface area contributed by atoms with Gasteiger partial charge in [0.25, 0.3) is 0 Å². The second-order valence-corrected chi connectivity index (χ2v) is 8.46. The van der Waals surface area contributed by atoms with Crippen molar-refractivity contribution < 1.29 is 36.2 Å². The summed E-state index contributed by atoms with van der Waals surface area (Å²) >= 11 is 0. The lowest BCUT2D eigenvalue weighted by molar-refractivity contribution is -0.301. The third-order valence-corrected chi connectivity index (χ3v) is 5.36. The van der Waals surface area contributed by atoms with E-state index in [1.54, 1.807) is 0 Å². The molecule has 0 bridgehead atoms. The van der Waals surface area contributed by atoms with Gasteiger partial charge in [-0.15, -0.1) is 0 Å². The Morgan fingerprint density at radius 3 is 2.29 bits per heavy atom. The SMILES string of the molecule is CC(F)(F)C(F)(F)Oc1ccc(/C=C/c2ncn(CC(O)(Cn3cncn3)c3ccc(F)cc3F)n2)cc1. The fourth-order valence-electron chi connectivity index (χ4n) is 3.45. The second-order valence-electron chi connectivity index (χ2n) is 8.46. The van der Waals surface area contributed by atoms with Gasteiger partial charge in [-0.1, -0.05) is 24.3 Å². The van der Waals surface area contributed by atoms with E-state index in [1.165, 1.54) is 52.6 Å². The number of aromatic nitrogens is 6. The normalized spacial score (nSPS) is 14.1. The highest BCUT2D eigenvalue weighted by Crippen LogP contribution is 2.36. The van der Waals surface area contributed by atoms with E-state index in [1.807, 2.05) is 0 Å². The van der Waals surface area contributed by atoms with E-state index < -0.39 is 35.0 Å². The molecule has 2 aromatic carbocycles. The van der Waals surface area contributed by atoms with Crippen LogP contribution >= 0.6 is 0 Å². The molecule has 14 heteroatoms. The average Bonchev–Trinajstić information content (AvgIpc) is 3.49. The molecule has 0 saturated heterocycles. The van der Waals surface area contributed by atoms with Crippen LogP contribution in [0.1, 0.15) is 23.9 Å².